The van der Waals surface area contributed by atoms with Crippen LogP contribution in [0.15, 0.2) is 0 Å². The summed E-state index contributed by atoms with van der Waals surface area (Å²) >= 11 is 0. The molecule has 3 heteroatoms. The SMILES string of the molecule is CC(C)(C)N1CCC2(CC2)NC1=O. The highest BCUT2D eigenvalue weighted by Gasteiger charge is 2.48. The Morgan fingerprint density at radius 3 is 2.31 bits per heavy atom. The van der Waals surface area contributed by atoms with Crippen LogP contribution >= 0.6 is 0 Å². The van der Waals surface area contributed by atoms with Crippen molar-refractivity contribution in [2.45, 2.75) is 51.1 Å². The molecule has 13 heavy (non-hydrogen) atoms. The van der Waals surface area contributed by atoms with Gasteiger partial charge in [0.05, 0.1) is 0 Å². The van der Waals surface area contributed by atoms with Crippen molar-refractivity contribution in [3.63, 3.8) is 0 Å². The Labute approximate surface area is 79.5 Å². The molecule has 0 radical (unpaired) electrons. The van der Waals surface area contributed by atoms with E-state index in [0.29, 0.717) is 0 Å². The third kappa shape index (κ3) is 1.52. The Kier molecular flexibility index (Phi) is 1.63. The van der Waals surface area contributed by atoms with Gasteiger partial charge in [-0.2, -0.15) is 0 Å². The minimum Gasteiger partial charge on any atom is -0.332 e. The van der Waals surface area contributed by atoms with Crippen LogP contribution in [0.1, 0.15) is 40.0 Å². The number of rotatable bonds is 0. The fourth-order valence-electron chi connectivity index (χ4n) is 1.95. The van der Waals surface area contributed by atoms with Gasteiger partial charge >= 0.3 is 6.03 Å². The minimum absolute atomic E-state index is 0.0411. The van der Waals surface area contributed by atoms with Gasteiger partial charge in [-0.1, -0.05) is 0 Å². The first-order valence-electron chi connectivity index (χ1n) is 5.03. The molecule has 1 aliphatic carbocycles. The second kappa shape index (κ2) is 2.40. The smallest absolute Gasteiger partial charge is 0.318 e. The highest BCUT2D eigenvalue weighted by molar-refractivity contribution is 5.77. The summed E-state index contributed by atoms with van der Waals surface area (Å²) in [6, 6.07) is 0.122. The van der Waals surface area contributed by atoms with Gasteiger partial charge in [0.2, 0.25) is 0 Å². The van der Waals surface area contributed by atoms with Gasteiger partial charge in [-0.3, -0.25) is 0 Å². The number of nitrogens with zero attached hydrogens (tertiary/aromatic N) is 1. The molecule has 2 fully saturated rings. The summed E-state index contributed by atoms with van der Waals surface area (Å²) in [6.07, 6.45) is 3.48. The number of carbonyl (C=O) groups is 1. The summed E-state index contributed by atoms with van der Waals surface area (Å²) in [5.41, 5.74) is 0.166. The zero-order valence-electron chi connectivity index (χ0n) is 8.68. The van der Waals surface area contributed by atoms with Crippen molar-refractivity contribution in [1.82, 2.24) is 10.2 Å². The second-order valence-corrected chi connectivity index (χ2v) is 5.28. The van der Waals surface area contributed by atoms with Gasteiger partial charge in [-0.05, 0) is 40.0 Å². The van der Waals surface area contributed by atoms with Crippen LogP contribution < -0.4 is 5.32 Å². The fourth-order valence-corrected chi connectivity index (χ4v) is 1.95. The predicted octanol–water partition coefficient (Wildman–Crippen LogP) is 1.73. The lowest BCUT2D eigenvalue weighted by atomic mass is 10.0. The van der Waals surface area contributed by atoms with Gasteiger partial charge in [-0.15, -0.1) is 0 Å². The van der Waals surface area contributed by atoms with E-state index in [1.807, 2.05) is 4.90 Å². The molecule has 1 aliphatic heterocycles. The van der Waals surface area contributed by atoms with Crippen molar-refractivity contribution in [2.24, 2.45) is 0 Å². The van der Waals surface area contributed by atoms with Crippen LogP contribution in [-0.2, 0) is 0 Å². The maximum atomic E-state index is 11.7. The van der Waals surface area contributed by atoms with E-state index in [-0.39, 0.29) is 17.1 Å². The van der Waals surface area contributed by atoms with E-state index in [0.717, 1.165) is 13.0 Å². The Hall–Kier alpha value is -0.730. The van der Waals surface area contributed by atoms with Crippen LogP contribution in [0.5, 0.6) is 0 Å². The number of hydrogen-bond donors (Lipinski definition) is 1. The lowest BCUT2D eigenvalue weighted by Gasteiger charge is -2.41. The molecule has 0 atom stereocenters. The topological polar surface area (TPSA) is 32.3 Å². The standard InChI is InChI=1S/C10H18N2O/c1-9(2,3)12-7-6-10(4-5-10)11-8(12)13/h4-7H2,1-3H3,(H,11,13). The first-order valence-corrected chi connectivity index (χ1v) is 5.03. The number of carbonyl (C=O) groups excluding carboxylic acids is 1. The molecule has 1 saturated carbocycles. The second-order valence-electron chi connectivity index (χ2n) is 5.28. The maximum Gasteiger partial charge on any atom is 0.318 e. The normalized spacial score (nSPS) is 26.1. The largest absolute Gasteiger partial charge is 0.332 e. The lowest BCUT2D eigenvalue weighted by molar-refractivity contribution is 0.117. The average molecular weight is 182 g/mol. The predicted molar refractivity (Wildman–Crippen MR) is 51.6 cm³/mol. The minimum atomic E-state index is -0.0411. The van der Waals surface area contributed by atoms with Crippen molar-refractivity contribution >= 4 is 6.03 Å². The van der Waals surface area contributed by atoms with Gasteiger partial charge in [0.25, 0.3) is 0 Å². The van der Waals surface area contributed by atoms with E-state index in [2.05, 4.69) is 26.1 Å². The molecule has 0 bridgehead atoms. The maximum absolute atomic E-state index is 11.7. The molecule has 0 aromatic rings. The van der Waals surface area contributed by atoms with E-state index in [9.17, 15) is 4.79 Å². The molecular formula is C10H18N2O. The number of hydrogen-bond acceptors (Lipinski definition) is 1. The molecule has 3 nitrogen and oxygen atoms in total. The molecule has 0 aromatic carbocycles. The molecule has 2 rings (SSSR count). The van der Waals surface area contributed by atoms with E-state index in [4.69, 9.17) is 0 Å². The van der Waals surface area contributed by atoms with E-state index >= 15 is 0 Å². The van der Waals surface area contributed by atoms with Crippen LogP contribution in [-0.4, -0.2) is 28.6 Å². The van der Waals surface area contributed by atoms with Crippen molar-refractivity contribution in [1.29, 1.82) is 0 Å². The molecular weight excluding hydrogens is 164 g/mol. The zero-order chi connectivity index (χ0) is 9.69. The molecule has 1 N–H and O–H groups in total. The third-order valence-corrected chi connectivity index (χ3v) is 3.09. The van der Waals surface area contributed by atoms with Crippen LogP contribution in [0.2, 0.25) is 0 Å². The molecule has 0 aromatic heterocycles. The van der Waals surface area contributed by atoms with Crippen LogP contribution in [0.25, 0.3) is 0 Å². The number of nitrogens with one attached hydrogen (secondary N) is 1. The quantitative estimate of drug-likeness (QED) is 0.608. The van der Waals surface area contributed by atoms with E-state index in [1.165, 1.54) is 12.8 Å². The van der Waals surface area contributed by atoms with Crippen molar-refractivity contribution in [2.75, 3.05) is 6.54 Å². The molecule has 1 spiro atoms. The molecule has 0 unspecified atom stereocenters. The van der Waals surface area contributed by atoms with Gasteiger partial charge < -0.3 is 10.2 Å². The van der Waals surface area contributed by atoms with Gasteiger partial charge in [0.1, 0.15) is 0 Å². The Balaban J connectivity index is 2.05. The number of amides is 2. The summed E-state index contributed by atoms with van der Waals surface area (Å²) in [4.78, 5) is 13.6. The Morgan fingerprint density at radius 2 is 1.92 bits per heavy atom. The van der Waals surface area contributed by atoms with Crippen molar-refractivity contribution in [3.8, 4) is 0 Å². The molecule has 1 saturated heterocycles. The summed E-state index contributed by atoms with van der Waals surface area (Å²) in [5.74, 6) is 0. The molecule has 2 aliphatic rings. The Morgan fingerprint density at radius 1 is 1.31 bits per heavy atom. The summed E-state index contributed by atoms with van der Waals surface area (Å²) in [5, 5.41) is 3.11. The lowest BCUT2D eigenvalue weighted by Crippen LogP contribution is -2.59. The Bertz CT molecular complexity index is 238. The monoisotopic (exact) mass is 182 g/mol. The van der Waals surface area contributed by atoms with Crippen LogP contribution in [0.3, 0.4) is 0 Å². The van der Waals surface area contributed by atoms with E-state index < -0.39 is 0 Å². The highest BCUT2D eigenvalue weighted by atomic mass is 16.2. The molecule has 74 valence electrons. The highest BCUT2D eigenvalue weighted by Crippen LogP contribution is 2.41. The molecule has 1 heterocycles. The van der Waals surface area contributed by atoms with Crippen LogP contribution in [0.4, 0.5) is 4.79 Å². The first kappa shape index (κ1) is 8.85. The summed E-state index contributed by atoms with van der Waals surface area (Å²) in [6.45, 7) is 7.15. The van der Waals surface area contributed by atoms with Crippen LogP contribution in [0, 0.1) is 0 Å². The zero-order valence-corrected chi connectivity index (χ0v) is 8.68. The van der Waals surface area contributed by atoms with Crippen molar-refractivity contribution < 1.29 is 4.79 Å². The van der Waals surface area contributed by atoms with Gasteiger partial charge in [0.15, 0.2) is 0 Å². The first-order chi connectivity index (χ1) is 5.93. The average Bonchev–Trinajstić information content (AvgIpc) is 2.66. The van der Waals surface area contributed by atoms with Gasteiger partial charge in [0, 0.05) is 17.6 Å². The summed E-state index contributed by atoms with van der Waals surface area (Å²) in [7, 11) is 0. The van der Waals surface area contributed by atoms with Gasteiger partial charge in [-0.25, -0.2) is 4.79 Å². The van der Waals surface area contributed by atoms with Crippen molar-refractivity contribution in [3.05, 3.63) is 0 Å². The number of urea groups is 1. The fraction of sp³-hybridized carbons (Fsp3) is 0.900. The molecule has 2 amide bonds. The van der Waals surface area contributed by atoms with E-state index in [1.54, 1.807) is 0 Å². The third-order valence-electron chi connectivity index (χ3n) is 3.09. The summed E-state index contributed by atoms with van der Waals surface area (Å²) < 4.78 is 0.